The van der Waals surface area contributed by atoms with Crippen molar-refractivity contribution in [1.82, 2.24) is 0 Å². The monoisotopic (exact) mass is 220 g/mol. The SMILES string of the molecule is CC(O)C1(c2ccccc2)C(CO)C1(C)C. The molecule has 0 radical (unpaired) electrons. The molecule has 1 saturated carbocycles. The highest BCUT2D eigenvalue weighted by molar-refractivity contribution is 5.41. The van der Waals surface area contributed by atoms with Gasteiger partial charge in [-0.2, -0.15) is 0 Å². The Morgan fingerprint density at radius 3 is 2.19 bits per heavy atom. The minimum absolute atomic E-state index is 0.0444. The van der Waals surface area contributed by atoms with E-state index in [1.807, 2.05) is 37.3 Å². The lowest BCUT2D eigenvalue weighted by Gasteiger charge is -2.24. The van der Waals surface area contributed by atoms with E-state index in [1.165, 1.54) is 0 Å². The zero-order valence-electron chi connectivity index (χ0n) is 10.1. The fourth-order valence-corrected chi connectivity index (χ4v) is 3.64. The molecule has 0 saturated heterocycles. The topological polar surface area (TPSA) is 40.5 Å². The Morgan fingerprint density at radius 1 is 1.25 bits per heavy atom. The van der Waals surface area contributed by atoms with Crippen molar-refractivity contribution in [3.63, 3.8) is 0 Å². The Labute approximate surface area is 96.9 Å². The van der Waals surface area contributed by atoms with Crippen LogP contribution in [-0.2, 0) is 5.41 Å². The third kappa shape index (κ3) is 1.20. The number of hydrogen-bond donors (Lipinski definition) is 2. The van der Waals surface area contributed by atoms with Crippen LogP contribution in [0.3, 0.4) is 0 Å². The molecule has 16 heavy (non-hydrogen) atoms. The lowest BCUT2D eigenvalue weighted by atomic mass is 9.83. The molecule has 2 N–H and O–H groups in total. The molecule has 0 heterocycles. The lowest BCUT2D eigenvalue weighted by molar-refractivity contribution is 0.123. The summed E-state index contributed by atoms with van der Waals surface area (Å²) in [6.45, 7) is 6.19. The fraction of sp³-hybridized carbons (Fsp3) is 0.571. The van der Waals surface area contributed by atoms with Crippen molar-refractivity contribution in [3.8, 4) is 0 Å². The van der Waals surface area contributed by atoms with E-state index in [0.29, 0.717) is 0 Å². The number of hydrogen-bond acceptors (Lipinski definition) is 2. The molecule has 0 amide bonds. The van der Waals surface area contributed by atoms with Gasteiger partial charge in [-0.05, 0) is 17.9 Å². The zero-order chi connectivity index (χ0) is 12.0. The third-order valence-electron chi connectivity index (χ3n) is 4.50. The van der Waals surface area contributed by atoms with Gasteiger partial charge in [0.2, 0.25) is 0 Å². The zero-order valence-corrected chi connectivity index (χ0v) is 10.1. The van der Waals surface area contributed by atoms with Gasteiger partial charge in [0, 0.05) is 17.9 Å². The molecule has 3 atom stereocenters. The van der Waals surface area contributed by atoms with Gasteiger partial charge in [-0.3, -0.25) is 0 Å². The molecular weight excluding hydrogens is 200 g/mol. The van der Waals surface area contributed by atoms with E-state index in [-0.39, 0.29) is 23.4 Å². The van der Waals surface area contributed by atoms with Gasteiger partial charge in [-0.1, -0.05) is 44.2 Å². The van der Waals surface area contributed by atoms with Crippen LogP contribution in [0.5, 0.6) is 0 Å². The summed E-state index contributed by atoms with van der Waals surface area (Å²) in [7, 11) is 0. The first-order valence-corrected chi connectivity index (χ1v) is 5.84. The summed E-state index contributed by atoms with van der Waals surface area (Å²) in [6, 6.07) is 10.0. The van der Waals surface area contributed by atoms with Crippen molar-refractivity contribution >= 4 is 0 Å². The fourth-order valence-electron chi connectivity index (χ4n) is 3.64. The Morgan fingerprint density at radius 2 is 1.81 bits per heavy atom. The van der Waals surface area contributed by atoms with E-state index in [9.17, 15) is 10.2 Å². The molecule has 88 valence electrons. The minimum atomic E-state index is -0.443. The predicted molar refractivity (Wildman–Crippen MR) is 64.2 cm³/mol. The maximum atomic E-state index is 10.1. The Kier molecular flexibility index (Phi) is 2.59. The standard InChI is InChI=1S/C14H20O2/c1-10(16)14(11-7-5-4-6-8-11)12(9-15)13(14,2)3/h4-8,10,12,15-16H,9H2,1-3H3. The van der Waals surface area contributed by atoms with Crippen LogP contribution >= 0.6 is 0 Å². The van der Waals surface area contributed by atoms with Crippen molar-refractivity contribution in [2.75, 3.05) is 6.61 Å². The Balaban J connectivity index is 2.49. The van der Waals surface area contributed by atoms with Gasteiger partial charge < -0.3 is 10.2 Å². The lowest BCUT2D eigenvalue weighted by Crippen LogP contribution is -2.29. The summed E-state index contributed by atoms with van der Waals surface area (Å²) < 4.78 is 0. The van der Waals surface area contributed by atoms with E-state index < -0.39 is 6.10 Å². The predicted octanol–water partition coefficient (Wildman–Crippen LogP) is 1.95. The summed E-state index contributed by atoms with van der Waals surface area (Å²) in [5.41, 5.74) is 0.800. The van der Waals surface area contributed by atoms with E-state index >= 15 is 0 Å². The highest BCUT2D eigenvalue weighted by Gasteiger charge is 2.73. The van der Waals surface area contributed by atoms with Crippen molar-refractivity contribution in [1.29, 1.82) is 0 Å². The van der Waals surface area contributed by atoms with Gasteiger partial charge in [-0.15, -0.1) is 0 Å². The molecular formula is C14H20O2. The highest BCUT2D eigenvalue weighted by Crippen LogP contribution is 2.70. The maximum Gasteiger partial charge on any atom is 0.0617 e. The van der Waals surface area contributed by atoms with Crippen LogP contribution in [0.25, 0.3) is 0 Å². The molecule has 0 spiro atoms. The molecule has 0 bridgehead atoms. The molecule has 2 rings (SSSR count). The van der Waals surface area contributed by atoms with Gasteiger partial charge in [0.25, 0.3) is 0 Å². The maximum absolute atomic E-state index is 10.1. The van der Waals surface area contributed by atoms with Crippen LogP contribution in [0.4, 0.5) is 0 Å². The molecule has 1 aliphatic carbocycles. The van der Waals surface area contributed by atoms with Crippen LogP contribution < -0.4 is 0 Å². The number of rotatable bonds is 3. The molecule has 3 unspecified atom stereocenters. The van der Waals surface area contributed by atoms with Gasteiger partial charge >= 0.3 is 0 Å². The minimum Gasteiger partial charge on any atom is -0.396 e. The van der Waals surface area contributed by atoms with Gasteiger partial charge in [0.15, 0.2) is 0 Å². The summed E-state index contributed by atoms with van der Waals surface area (Å²) in [5, 5.41) is 19.6. The quantitative estimate of drug-likeness (QED) is 0.817. The van der Waals surface area contributed by atoms with Crippen molar-refractivity contribution in [2.24, 2.45) is 11.3 Å². The van der Waals surface area contributed by atoms with Gasteiger partial charge in [0.05, 0.1) is 6.10 Å². The second kappa shape index (κ2) is 3.57. The van der Waals surface area contributed by atoms with Crippen molar-refractivity contribution < 1.29 is 10.2 Å². The molecule has 1 fully saturated rings. The summed E-state index contributed by atoms with van der Waals surface area (Å²) in [6.07, 6.45) is -0.443. The molecule has 1 aliphatic rings. The number of aliphatic hydroxyl groups excluding tert-OH is 2. The Hall–Kier alpha value is -0.860. The van der Waals surface area contributed by atoms with E-state index in [0.717, 1.165) is 5.56 Å². The first kappa shape index (κ1) is 11.6. The van der Waals surface area contributed by atoms with E-state index in [4.69, 9.17) is 0 Å². The average Bonchev–Trinajstić information content (AvgIpc) is 2.77. The van der Waals surface area contributed by atoms with Crippen molar-refractivity contribution in [2.45, 2.75) is 32.3 Å². The van der Waals surface area contributed by atoms with Gasteiger partial charge in [0.1, 0.15) is 0 Å². The smallest absolute Gasteiger partial charge is 0.0617 e. The van der Waals surface area contributed by atoms with Crippen LogP contribution in [0.1, 0.15) is 26.3 Å². The molecule has 2 nitrogen and oxygen atoms in total. The average molecular weight is 220 g/mol. The normalized spacial score (nSPS) is 33.4. The van der Waals surface area contributed by atoms with E-state index in [1.54, 1.807) is 0 Å². The molecule has 0 aromatic heterocycles. The van der Waals surface area contributed by atoms with Crippen LogP contribution in [-0.4, -0.2) is 22.9 Å². The highest BCUT2D eigenvalue weighted by atomic mass is 16.3. The molecule has 1 aromatic rings. The van der Waals surface area contributed by atoms with Crippen LogP contribution in [0, 0.1) is 11.3 Å². The molecule has 0 aliphatic heterocycles. The summed E-state index contributed by atoms with van der Waals surface area (Å²) in [4.78, 5) is 0. The third-order valence-corrected chi connectivity index (χ3v) is 4.50. The Bertz CT molecular complexity index is 370. The summed E-state index contributed by atoms with van der Waals surface area (Å²) in [5.74, 6) is 0.141. The number of aliphatic hydroxyl groups is 2. The first-order valence-electron chi connectivity index (χ1n) is 5.84. The second-order valence-corrected chi connectivity index (χ2v) is 5.37. The molecule has 1 aromatic carbocycles. The van der Waals surface area contributed by atoms with E-state index in [2.05, 4.69) is 13.8 Å². The van der Waals surface area contributed by atoms with Crippen molar-refractivity contribution in [3.05, 3.63) is 35.9 Å². The van der Waals surface area contributed by atoms with Crippen LogP contribution in [0.2, 0.25) is 0 Å². The molecule has 2 heteroatoms. The second-order valence-electron chi connectivity index (χ2n) is 5.37. The number of benzene rings is 1. The largest absolute Gasteiger partial charge is 0.396 e. The first-order chi connectivity index (χ1) is 7.49. The van der Waals surface area contributed by atoms with Crippen LogP contribution in [0.15, 0.2) is 30.3 Å². The van der Waals surface area contributed by atoms with Gasteiger partial charge in [-0.25, -0.2) is 0 Å². The summed E-state index contributed by atoms with van der Waals surface area (Å²) >= 11 is 0.